The fraction of sp³-hybridized carbons (Fsp3) is 0.545. The van der Waals surface area contributed by atoms with E-state index in [-0.39, 0.29) is 34.5 Å². The number of aromatic carboxylic acids is 1. The summed E-state index contributed by atoms with van der Waals surface area (Å²) in [5.41, 5.74) is 27.2. The van der Waals surface area contributed by atoms with Gasteiger partial charge in [0.1, 0.15) is 12.5 Å². The first-order chi connectivity index (χ1) is 35.7. The Bertz CT molecular complexity index is 2870. The van der Waals surface area contributed by atoms with E-state index in [2.05, 4.69) is 89.2 Å². The van der Waals surface area contributed by atoms with Gasteiger partial charge in [0.2, 0.25) is 0 Å². The second-order valence-electron chi connectivity index (χ2n) is 23.5. The molecule has 5 aromatic heterocycles. The molecule has 2 atom stereocenters. The standard InChI is InChI=1S/C25H32N6O2.C16H28N2O3Si.C14H19N5O/c1-25(2)9-6-20-21(13-25)29-30-22(20)24(32)28-19-14-27-31(15-19)23(16-7-10-33-11-8-16)17-4-3-5-18(26)12-17;1-16(2)7-6-12-13(10-16)18(17-14(12)15(19)20)11-21-8-9-22(3,4)5;15-12-8-18-19(9-12)14(10-2-5-20-6-3-10)11-1-4-17-13(16)7-11/h3-5,12,14-16,23H,6-11,13,26H2,1-2H3,(H,28,32)(H,29,30);6-11H2,1-5H3,(H,19,20);1,4,7-10,14H,2-3,5-6,15H2,(H2,16,17). The fourth-order valence-electron chi connectivity index (χ4n) is 10.8. The molecule has 2 unspecified atom stereocenters. The zero-order valence-corrected chi connectivity index (χ0v) is 46.0. The van der Waals surface area contributed by atoms with Gasteiger partial charge in [-0.15, -0.1) is 0 Å². The van der Waals surface area contributed by atoms with Gasteiger partial charge >= 0.3 is 5.97 Å². The highest BCUT2D eigenvalue weighted by atomic mass is 28.3. The summed E-state index contributed by atoms with van der Waals surface area (Å²) in [4.78, 5) is 28.5. The van der Waals surface area contributed by atoms with E-state index >= 15 is 0 Å². The number of aromatic nitrogens is 9. The Hall–Kier alpha value is -6.35. The lowest BCUT2D eigenvalue weighted by Gasteiger charge is -2.31. The molecule has 20 heteroatoms. The van der Waals surface area contributed by atoms with Gasteiger partial charge in [0, 0.05) is 87.9 Å². The number of hydrogen-bond acceptors (Lipinski definition) is 13. The molecule has 6 aromatic rings. The SMILES string of the molecule is CC1(C)CCc2c(C(=O)Nc3cnn(C(c4cccc(N)c4)C4CCOCC4)c3)n[nH]c2C1.CC1(C)CCc2c(C(=O)O)nn(COCC[Si](C)(C)C)c2C1.Nc1cnn(C(c2ccnc(N)c2)C2CCOCC2)c1. The summed E-state index contributed by atoms with van der Waals surface area (Å²) in [6, 6.07) is 13.1. The topological polar surface area (TPSA) is 267 Å². The minimum atomic E-state index is -1.11. The number of pyridine rings is 1. The maximum Gasteiger partial charge on any atom is 0.356 e. The van der Waals surface area contributed by atoms with Gasteiger partial charge in [0.25, 0.3) is 5.91 Å². The van der Waals surface area contributed by atoms with Crippen LogP contribution in [0.3, 0.4) is 0 Å². The van der Waals surface area contributed by atoms with Crippen molar-refractivity contribution in [3.8, 4) is 0 Å². The number of aromatic amines is 1. The maximum absolute atomic E-state index is 13.0. The van der Waals surface area contributed by atoms with Gasteiger partial charge in [-0.25, -0.2) is 14.5 Å². The number of anilines is 4. The maximum atomic E-state index is 13.0. The molecule has 10 rings (SSSR count). The Morgan fingerprint density at radius 1 is 0.827 bits per heavy atom. The smallest absolute Gasteiger partial charge is 0.356 e. The van der Waals surface area contributed by atoms with E-state index in [9.17, 15) is 14.7 Å². The summed E-state index contributed by atoms with van der Waals surface area (Å²) in [6.45, 7) is 20.0. The number of rotatable bonds is 14. The first-order valence-electron chi connectivity index (χ1n) is 26.6. The van der Waals surface area contributed by atoms with Crippen molar-refractivity contribution in [1.82, 2.24) is 44.5 Å². The Morgan fingerprint density at radius 3 is 2.07 bits per heavy atom. The lowest BCUT2D eigenvalue weighted by Crippen LogP contribution is -2.27. The van der Waals surface area contributed by atoms with Crippen molar-refractivity contribution < 1.29 is 28.9 Å². The van der Waals surface area contributed by atoms with E-state index in [1.165, 1.54) is 0 Å². The van der Waals surface area contributed by atoms with Crippen molar-refractivity contribution in [3.63, 3.8) is 0 Å². The molecule has 19 nitrogen and oxygen atoms in total. The minimum absolute atomic E-state index is 0.0310. The molecule has 2 fully saturated rings. The van der Waals surface area contributed by atoms with Gasteiger partial charge in [-0.1, -0.05) is 59.5 Å². The second-order valence-corrected chi connectivity index (χ2v) is 29.1. The third-order valence-corrected chi connectivity index (χ3v) is 16.7. The number of amides is 1. The number of carbonyl (C=O) groups excluding carboxylic acids is 1. The number of carbonyl (C=O) groups is 2. The average molecular weight is 1050 g/mol. The highest BCUT2D eigenvalue weighted by Crippen LogP contribution is 2.39. The predicted octanol–water partition coefficient (Wildman–Crippen LogP) is 8.84. The van der Waals surface area contributed by atoms with Crippen LogP contribution in [0.2, 0.25) is 25.7 Å². The Balaban J connectivity index is 0.000000156. The summed E-state index contributed by atoms with van der Waals surface area (Å²) < 4.78 is 22.5. The Morgan fingerprint density at radius 2 is 1.45 bits per heavy atom. The number of fused-ring (bicyclic) bond motifs is 2. The number of benzene rings is 1. The van der Waals surface area contributed by atoms with E-state index in [4.69, 9.17) is 31.4 Å². The monoisotopic (exact) mass is 1050 g/mol. The van der Waals surface area contributed by atoms with Crippen LogP contribution in [0.15, 0.2) is 67.4 Å². The Kier molecular flexibility index (Phi) is 17.3. The summed E-state index contributed by atoms with van der Waals surface area (Å²) in [5.74, 6) is 0.241. The van der Waals surface area contributed by atoms with Gasteiger partial charge in [0.15, 0.2) is 11.4 Å². The van der Waals surface area contributed by atoms with Crippen LogP contribution in [0.4, 0.5) is 22.9 Å². The highest BCUT2D eigenvalue weighted by Gasteiger charge is 2.35. The van der Waals surface area contributed by atoms with E-state index in [0.717, 1.165) is 143 Å². The van der Waals surface area contributed by atoms with Crippen molar-refractivity contribution >= 4 is 42.8 Å². The summed E-state index contributed by atoms with van der Waals surface area (Å²) in [6.07, 6.45) is 18.3. The van der Waals surface area contributed by atoms with Crippen LogP contribution >= 0.6 is 0 Å². The van der Waals surface area contributed by atoms with Crippen molar-refractivity contribution in [1.29, 1.82) is 0 Å². The second kappa shape index (κ2) is 23.7. The van der Waals surface area contributed by atoms with Crippen molar-refractivity contribution in [3.05, 3.63) is 112 Å². The number of carboxylic acid groups (broad SMARTS) is 1. The van der Waals surface area contributed by atoms with Crippen LogP contribution in [-0.2, 0) is 46.6 Å². The van der Waals surface area contributed by atoms with Crippen molar-refractivity contribution in [2.75, 3.05) is 55.6 Å². The molecule has 75 heavy (non-hydrogen) atoms. The minimum Gasteiger partial charge on any atom is -0.476 e. The molecule has 2 aliphatic carbocycles. The summed E-state index contributed by atoms with van der Waals surface area (Å²) in [7, 11) is -1.11. The molecule has 4 aliphatic rings. The van der Waals surface area contributed by atoms with Crippen LogP contribution in [0, 0.1) is 22.7 Å². The number of nitrogens with zero attached hydrogens (tertiary/aromatic N) is 8. The third-order valence-electron chi connectivity index (χ3n) is 15.0. The summed E-state index contributed by atoms with van der Waals surface area (Å²) in [5, 5.41) is 33.1. The Labute approximate surface area is 441 Å². The molecule has 7 heterocycles. The molecule has 0 saturated carbocycles. The number of nitrogen functional groups attached to an aromatic ring is 3. The number of nitrogens with two attached hydrogens (primary N) is 3. The van der Waals surface area contributed by atoms with Gasteiger partial charge in [0.05, 0.1) is 35.9 Å². The van der Waals surface area contributed by atoms with Crippen LogP contribution in [-0.4, -0.2) is 103 Å². The van der Waals surface area contributed by atoms with Crippen LogP contribution in [0.5, 0.6) is 0 Å². The molecular formula is C55H79N13O6Si. The first-order valence-corrected chi connectivity index (χ1v) is 30.3. The first kappa shape index (κ1) is 54.9. The summed E-state index contributed by atoms with van der Waals surface area (Å²) >= 11 is 0. The zero-order valence-electron chi connectivity index (χ0n) is 45.0. The molecule has 0 spiro atoms. The number of hydrogen-bond donors (Lipinski definition) is 6. The molecule has 1 amide bonds. The van der Waals surface area contributed by atoms with Crippen molar-refractivity contribution in [2.24, 2.45) is 22.7 Å². The van der Waals surface area contributed by atoms with Gasteiger partial charge in [-0.2, -0.15) is 20.4 Å². The van der Waals surface area contributed by atoms with Crippen LogP contribution in [0.25, 0.3) is 0 Å². The number of H-pyrrole nitrogens is 1. The molecular weight excluding hydrogens is 967 g/mol. The lowest BCUT2D eigenvalue weighted by molar-refractivity contribution is 0.0526. The van der Waals surface area contributed by atoms with Gasteiger partial charge < -0.3 is 41.8 Å². The van der Waals surface area contributed by atoms with E-state index in [0.29, 0.717) is 41.5 Å². The average Bonchev–Trinajstić information content (AvgIpc) is 4.18. The fourth-order valence-corrected chi connectivity index (χ4v) is 11.6. The predicted molar refractivity (Wildman–Crippen MR) is 293 cm³/mol. The van der Waals surface area contributed by atoms with E-state index in [1.54, 1.807) is 23.3 Å². The molecule has 0 bridgehead atoms. The molecule has 404 valence electrons. The largest absolute Gasteiger partial charge is 0.476 e. The highest BCUT2D eigenvalue weighted by molar-refractivity contribution is 6.76. The van der Waals surface area contributed by atoms with Crippen LogP contribution < -0.4 is 22.5 Å². The van der Waals surface area contributed by atoms with Crippen LogP contribution in [0.1, 0.15) is 133 Å². The molecule has 1 aromatic carbocycles. The van der Waals surface area contributed by atoms with Gasteiger partial charge in [-0.05, 0) is 128 Å². The molecule has 2 saturated heterocycles. The van der Waals surface area contributed by atoms with Crippen molar-refractivity contribution in [2.45, 2.75) is 136 Å². The number of carboxylic acids is 1. The van der Waals surface area contributed by atoms with E-state index < -0.39 is 14.0 Å². The quantitative estimate of drug-likeness (QED) is 0.0338. The lowest BCUT2D eigenvalue weighted by atomic mass is 9.76. The molecule has 2 aliphatic heterocycles. The normalized spacial score (nSPS) is 18.3. The van der Waals surface area contributed by atoms with E-state index in [1.807, 2.05) is 52.1 Å². The molecule has 0 radical (unpaired) electrons. The zero-order chi connectivity index (χ0) is 53.5. The number of ether oxygens (including phenoxy) is 3. The third kappa shape index (κ3) is 14.3. The van der Waals surface area contributed by atoms with Gasteiger partial charge in [-0.3, -0.25) is 19.3 Å². The molecule has 9 N–H and O–H groups in total. The number of nitrogens with one attached hydrogen (secondary N) is 2.